The summed E-state index contributed by atoms with van der Waals surface area (Å²) >= 11 is 0. The molecule has 0 radical (unpaired) electrons. The number of carbonyl (C=O) groups is 2. The highest BCUT2D eigenvalue weighted by atomic mass is 16.5. The third-order valence-corrected chi connectivity index (χ3v) is 3.85. The Morgan fingerprint density at radius 2 is 2.11 bits per heavy atom. The molecule has 3 rings (SSSR count). The number of ketones is 1. The van der Waals surface area contributed by atoms with E-state index in [1.807, 2.05) is 11.6 Å². The van der Waals surface area contributed by atoms with E-state index < -0.39 is 0 Å². The number of Topliss-reactive ketones (excluding diaryl/α,β-unsaturated/α-hetero) is 1. The SMILES string of the molecule is CCOC(=O)c1c2c(c(C3CC3)n1C)C(=O)CC2. The number of hydrogen-bond acceptors (Lipinski definition) is 3. The van der Waals surface area contributed by atoms with Crippen LogP contribution >= 0.6 is 0 Å². The van der Waals surface area contributed by atoms with Gasteiger partial charge in [-0.25, -0.2) is 4.79 Å². The summed E-state index contributed by atoms with van der Waals surface area (Å²) in [6, 6.07) is 0. The summed E-state index contributed by atoms with van der Waals surface area (Å²) in [7, 11) is 1.88. The Bertz CT molecular complexity index is 538. The third-order valence-electron chi connectivity index (χ3n) is 3.85. The highest BCUT2D eigenvalue weighted by Gasteiger charge is 2.39. The zero-order chi connectivity index (χ0) is 12.9. The molecule has 0 amide bonds. The van der Waals surface area contributed by atoms with Gasteiger partial charge in [-0.1, -0.05) is 0 Å². The molecule has 1 aromatic heterocycles. The maximum atomic E-state index is 12.0. The van der Waals surface area contributed by atoms with E-state index in [4.69, 9.17) is 4.74 Å². The molecule has 96 valence electrons. The van der Waals surface area contributed by atoms with Crippen molar-refractivity contribution in [3.05, 3.63) is 22.5 Å². The maximum absolute atomic E-state index is 12.0. The summed E-state index contributed by atoms with van der Waals surface area (Å²) in [5, 5.41) is 0. The van der Waals surface area contributed by atoms with Gasteiger partial charge in [0, 0.05) is 24.7 Å². The second-order valence-electron chi connectivity index (χ2n) is 5.06. The molecule has 0 spiro atoms. The fraction of sp³-hybridized carbons (Fsp3) is 0.571. The van der Waals surface area contributed by atoms with E-state index in [1.165, 1.54) is 0 Å². The number of aromatic nitrogens is 1. The van der Waals surface area contributed by atoms with E-state index in [0.29, 0.717) is 31.1 Å². The van der Waals surface area contributed by atoms with Crippen LogP contribution in [0.4, 0.5) is 0 Å². The molecule has 0 atom stereocenters. The molecule has 1 fully saturated rings. The quantitative estimate of drug-likeness (QED) is 0.769. The lowest BCUT2D eigenvalue weighted by Crippen LogP contribution is -2.13. The molecule has 0 N–H and O–H groups in total. The first kappa shape index (κ1) is 11.5. The monoisotopic (exact) mass is 247 g/mol. The van der Waals surface area contributed by atoms with Crippen LogP contribution in [0, 0.1) is 0 Å². The van der Waals surface area contributed by atoms with Crippen LogP contribution in [-0.4, -0.2) is 22.9 Å². The second kappa shape index (κ2) is 3.97. The largest absolute Gasteiger partial charge is 0.461 e. The Kier molecular flexibility index (Phi) is 2.54. The van der Waals surface area contributed by atoms with Crippen molar-refractivity contribution in [2.75, 3.05) is 6.61 Å². The van der Waals surface area contributed by atoms with Gasteiger partial charge in [0.2, 0.25) is 0 Å². The van der Waals surface area contributed by atoms with Gasteiger partial charge in [0.25, 0.3) is 0 Å². The molecular formula is C14H17NO3. The molecule has 0 aromatic carbocycles. The molecular weight excluding hydrogens is 230 g/mol. The molecule has 0 saturated heterocycles. The topological polar surface area (TPSA) is 48.3 Å². The number of rotatable bonds is 3. The van der Waals surface area contributed by atoms with Crippen LogP contribution in [0.2, 0.25) is 0 Å². The van der Waals surface area contributed by atoms with Crippen LogP contribution < -0.4 is 0 Å². The summed E-state index contributed by atoms with van der Waals surface area (Å²) in [4.78, 5) is 24.0. The zero-order valence-electron chi connectivity index (χ0n) is 10.8. The van der Waals surface area contributed by atoms with Crippen LogP contribution in [0.1, 0.15) is 64.2 Å². The van der Waals surface area contributed by atoms with Crippen molar-refractivity contribution < 1.29 is 14.3 Å². The zero-order valence-corrected chi connectivity index (χ0v) is 10.8. The summed E-state index contributed by atoms with van der Waals surface area (Å²) < 4.78 is 7.01. The number of nitrogens with zero attached hydrogens (tertiary/aromatic N) is 1. The predicted molar refractivity (Wildman–Crippen MR) is 66.0 cm³/mol. The van der Waals surface area contributed by atoms with Gasteiger partial charge in [0.1, 0.15) is 5.69 Å². The fourth-order valence-electron chi connectivity index (χ4n) is 2.98. The lowest BCUT2D eigenvalue weighted by Gasteiger charge is -2.08. The van der Waals surface area contributed by atoms with Crippen molar-refractivity contribution in [1.29, 1.82) is 0 Å². The lowest BCUT2D eigenvalue weighted by atomic mass is 10.1. The summed E-state index contributed by atoms with van der Waals surface area (Å²) in [5.74, 6) is 0.366. The molecule has 1 heterocycles. The van der Waals surface area contributed by atoms with Crippen LogP contribution in [-0.2, 0) is 18.2 Å². The van der Waals surface area contributed by atoms with Gasteiger partial charge < -0.3 is 9.30 Å². The molecule has 0 bridgehead atoms. The van der Waals surface area contributed by atoms with E-state index in [-0.39, 0.29) is 11.8 Å². The molecule has 2 aliphatic rings. The molecule has 2 aliphatic carbocycles. The predicted octanol–water partition coefficient (Wildman–Crippen LogP) is 2.21. The normalized spacial score (nSPS) is 18.0. The van der Waals surface area contributed by atoms with Crippen molar-refractivity contribution in [2.24, 2.45) is 7.05 Å². The number of fused-ring (bicyclic) bond motifs is 1. The van der Waals surface area contributed by atoms with Gasteiger partial charge in [-0.2, -0.15) is 0 Å². The summed E-state index contributed by atoms with van der Waals surface area (Å²) in [6.07, 6.45) is 3.47. The maximum Gasteiger partial charge on any atom is 0.355 e. The van der Waals surface area contributed by atoms with Crippen molar-refractivity contribution in [2.45, 2.75) is 38.5 Å². The molecule has 1 aromatic rings. The number of carbonyl (C=O) groups excluding carboxylic acids is 2. The second-order valence-corrected chi connectivity index (χ2v) is 5.06. The Morgan fingerprint density at radius 3 is 2.72 bits per heavy atom. The average Bonchev–Trinajstić information content (AvgIpc) is 3.03. The van der Waals surface area contributed by atoms with Gasteiger partial charge in [-0.05, 0) is 37.7 Å². The first-order valence-electron chi connectivity index (χ1n) is 6.56. The summed E-state index contributed by atoms with van der Waals surface area (Å²) in [5.41, 5.74) is 3.40. The Morgan fingerprint density at radius 1 is 1.39 bits per heavy atom. The van der Waals surface area contributed by atoms with E-state index in [0.717, 1.165) is 29.7 Å². The van der Waals surface area contributed by atoms with Crippen LogP contribution in [0.25, 0.3) is 0 Å². The highest BCUT2D eigenvalue weighted by molar-refractivity contribution is 6.06. The van der Waals surface area contributed by atoms with Crippen LogP contribution in [0.15, 0.2) is 0 Å². The summed E-state index contributed by atoms with van der Waals surface area (Å²) in [6.45, 7) is 2.17. The highest BCUT2D eigenvalue weighted by Crippen LogP contribution is 2.46. The average molecular weight is 247 g/mol. The van der Waals surface area contributed by atoms with Crippen molar-refractivity contribution >= 4 is 11.8 Å². The lowest BCUT2D eigenvalue weighted by molar-refractivity contribution is 0.0513. The molecule has 0 aliphatic heterocycles. The molecule has 0 unspecified atom stereocenters. The Hall–Kier alpha value is -1.58. The van der Waals surface area contributed by atoms with Gasteiger partial charge in [-0.3, -0.25) is 4.79 Å². The minimum Gasteiger partial charge on any atom is -0.461 e. The molecule has 18 heavy (non-hydrogen) atoms. The minimum absolute atomic E-state index is 0.193. The van der Waals surface area contributed by atoms with Crippen molar-refractivity contribution in [3.8, 4) is 0 Å². The molecule has 4 nitrogen and oxygen atoms in total. The van der Waals surface area contributed by atoms with E-state index in [1.54, 1.807) is 6.92 Å². The Balaban J connectivity index is 2.15. The number of esters is 1. The smallest absolute Gasteiger partial charge is 0.355 e. The third kappa shape index (κ3) is 1.51. The van der Waals surface area contributed by atoms with Crippen LogP contribution in [0.5, 0.6) is 0 Å². The minimum atomic E-state index is -0.294. The molecule has 1 saturated carbocycles. The van der Waals surface area contributed by atoms with Gasteiger partial charge in [0.05, 0.1) is 6.61 Å². The van der Waals surface area contributed by atoms with Gasteiger partial charge in [0.15, 0.2) is 5.78 Å². The number of hydrogen-bond donors (Lipinski definition) is 0. The number of ether oxygens (including phenoxy) is 1. The standard InChI is InChI=1S/C14H17NO3/c1-3-18-14(17)13-9-6-7-10(16)11(9)12(15(13)2)8-4-5-8/h8H,3-7H2,1-2H3. The first-order chi connectivity index (χ1) is 8.65. The van der Waals surface area contributed by atoms with E-state index in [9.17, 15) is 9.59 Å². The van der Waals surface area contributed by atoms with Gasteiger partial charge in [-0.15, -0.1) is 0 Å². The van der Waals surface area contributed by atoms with Crippen LogP contribution in [0.3, 0.4) is 0 Å². The molecule has 4 heteroatoms. The van der Waals surface area contributed by atoms with E-state index in [2.05, 4.69) is 0 Å². The first-order valence-corrected chi connectivity index (χ1v) is 6.56. The fourth-order valence-corrected chi connectivity index (χ4v) is 2.98. The van der Waals surface area contributed by atoms with Crippen molar-refractivity contribution in [3.63, 3.8) is 0 Å². The Labute approximate surface area is 106 Å². The van der Waals surface area contributed by atoms with Gasteiger partial charge >= 0.3 is 5.97 Å². The van der Waals surface area contributed by atoms with Crippen molar-refractivity contribution in [1.82, 2.24) is 4.57 Å². The van der Waals surface area contributed by atoms with E-state index >= 15 is 0 Å².